The summed E-state index contributed by atoms with van der Waals surface area (Å²) in [5.74, 6) is 1.22. The molecular weight excluding hydrogens is 248 g/mol. The molecule has 0 bridgehead atoms. The maximum Gasteiger partial charge on any atom is 0.321 e. The average molecular weight is 264 g/mol. The Morgan fingerprint density at radius 2 is 2.17 bits per heavy atom. The van der Waals surface area contributed by atoms with E-state index in [1.54, 1.807) is 11.3 Å². The predicted molar refractivity (Wildman–Crippen MR) is 73.1 cm³/mol. The van der Waals surface area contributed by atoms with Crippen LogP contribution in [0, 0.1) is 0 Å². The molecular formula is C12H16N4OS. The molecule has 96 valence electrons. The number of rotatable bonds is 6. The van der Waals surface area contributed by atoms with Gasteiger partial charge in [-0.3, -0.25) is 0 Å². The number of thiophene rings is 1. The molecule has 2 rings (SSSR count). The summed E-state index contributed by atoms with van der Waals surface area (Å²) in [5.41, 5.74) is 0. The second kappa shape index (κ2) is 6.30. The van der Waals surface area contributed by atoms with Gasteiger partial charge in [-0.2, -0.15) is 15.0 Å². The molecule has 5 nitrogen and oxygen atoms in total. The Bertz CT molecular complexity index is 487. The molecule has 0 atom stereocenters. The van der Waals surface area contributed by atoms with E-state index in [4.69, 9.17) is 4.74 Å². The van der Waals surface area contributed by atoms with Gasteiger partial charge >= 0.3 is 6.01 Å². The first kappa shape index (κ1) is 12.8. The van der Waals surface area contributed by atoms with Crippen LogP contribution in [0.5, 0.6) is 6.01 Å². The van der Waals surface area contributed by atoms with Crippen LogP contribution < -0.4 is 10.1 Å². The first-order valence-corrected chi connectivity index (χ1v) is 6.88. The summed E-state index contributed by atoms with van der Waals surface area (Å²) < 4.78 is 5.37. The smallest absolute Gasteiger partial charge is 0.321 e. The Labute approximate surface area is 110 Å². The molecule has 0 saturated carbocycles. The summed E-state index contributed by atoms with van der Waals surface area (Å²) >= 11 is 1.60. The highest BCUT2D eigenvalue weighted by molar-refractivity contribution is 7.13. The van der Waals surface area contributed by atoms with Crippen molar-refractivity contribution in [3.05, 3.63) is 17.5 Å². The maximum absolute atomic E-state index is 5.37. The Morgan fingerprint density at radius 3 is 2.83 bits per heavy atom. The largest absolute Gasteiger partial charge is 0.464 e. The van der Waals surface area contributed by atoms with Crippen molar-refractivity contribution < 1.29 is 4.74 Å². The van der Waals surface area contributed by atoms with E-state index in [9.17, 15) is 0 Å². The van der Waals surface area contributed by atoms with Crippen molar-refractivity contribution in [2.24, 2.45) is 0 Å². The van der Waals surface area contributed by atoms with Gasteiger partial charge in [0.15, 0.2) is 5.82 Å². The van der Waals surface area contributed by atoms with Gasteiger partial charge in [-0.15, -0.1) is 11.3 Å². The van der Waals surface area contributed by atoms with Crippen LogP contribution in [-0.2, 0) is 0 Å². The lowest BCUT2D eigenvalue weighted by atomic mass is 10.4. The summed E-state index contributed by atoms with van der Waals surface area (Å²) in [4.78, 5) is 13.9. The summed E-state index contributed by atoms with van der Waals surface area (Å²) in [6.45, 7) is 5.38. The van der Waals surface area contributed by atoms with Crippen LogP contribution in [-0.4, -0.2) is 28.1 Å². The fourth-order valence-corrected chi connectivity index (χ4v) is 2.04. The van der Waals surface area contributed by atoms with Crippen LogP contribution in [0.25, 0.3) is 10.7 Å². The molecule has 2 aromatic heterocycles. The third kappa shape index (κ3) is 3.16. The highest BCUT2D eigenvalue weighted by Crippen LogP contribution is 2.23. The number of hydrogen-bond donors (Lipinski definition) is 1. The van der Waals surface area contributed by atoms with Crippen molar-refractivity contribution in [1.29, 1.82) is 0 Å². The zero-order valence-electron chi connectivity index (χ0n) is 10.5. The molecule has 0 aromatic carbocycles. The van der Waals surface area contributed by atoms with Crippen molar-refractivity contribution in [3.63, 3.8) is 0 Å². The van der Waals surface area contributed by atoms with Gasteiger partial charge in [-0.25, -0.2) is 0 Å². The van der Waals surface area contributed by atoms with Crippen LogP contribution in [0.15, 0.2) is 17.5 Å². The summed E-state index contributed by atoms with van der Waals surface area (Å²) in [7, 11) is 0. The SMILES string of the molecule is CCCNc1nc(OCC)nc(-c2cccs2)n1. The van der Waals surface area contributed by atoms with E-state index in [2.05, 4.69) is 27.2 Å². The average Bonchev–Trinajstić information content (AvgIpc) is 2.90. The molecule has 6 heteroatoms. The van der Waals surface area contributed by atoms with Gasteiger partial charge in [0.25, 0.3) is 0 Å². The normalized spacial score (nSPS) is 10.3. The second-order valence-corrected chi connectivity index (χ2v) is 4.55. The van der Waals surface area contributed by atoms with Crippen LogP contribution >= 0.6 is 11.3 Å². The van der Waals surface area contributed by atoms with Crippen LogP contribution in [0.2, 0.25) is 0 Å². The van der Waals surface area contributed by atoms with E-state index in [0.717, 1.165) is 17.8 Å². The molecule has 2 heterocycles. The number of hydrogen-bond acceptors (Lipinski definition) is 6. The Balaban J connectivity index is 2.30. The van der Waals surface area contributed by atoms with E-state index in [1.807, 2.05) is 24.4 Å². The van der Waals surface area contributed by atoms with Gasteiger partial charge < -0.3 is 10.1 Å². The highest BCUT2D eigenvalue weighted by Gasteiger charge is 2.09. The zero-order valence-corrected chi connectivity index (χ0v) is 11.3. The zero-order chi connectivity index (χ0) is 12.8. The van der Waals surface area contributed by atoms with E-state index in [0.29, 0.717) is 24.4 Å². The van der Waals surface area contributed by atoms with Crippen molar-refractivity contribution in [2.75, 3.05) is 18.5 Å². The summed E-state index contributed by atoms with van der Waals surface area (Å²) in [6.07, 6.45) is 1.02. The summed E-state index contributed by atoms with van der Waals surface area (Å²) in [6, 6.07) is 4.33. The fourth-order valence-electron chi connectivity index (χ4n) is 1.38. The molecule has 0 aliphatic heterocycles. The molecule has 0 amide bonds. The molecule has 0 fully saturated rings. The van der Waals surface area contributed by atoms with Crippen LogP contribution in [0.4, 0.5) is 5.95 Å². The number of nitrogens with zero attached hydrogens (tertiary/aromatic N) is 3. The van der Waals surface area contributed by atoms with Crippen molar-refractivity contribution in [2.45, 2.75) is 20.3 Å². The lowest BCUT2D eigenvalue weighted by Gasteiger charge is -2.07. The molecule has 0 aliphatic rings. The van der Waals surface area contributed by atoms with Crippen LogP contribution in [0.3, 0.4) is 0 Å². The van der Waals surface area contributed by atoms with Crippen molar-refractivity contribution >= 4 is 17.3 Å². The quantitative estimate of drug-likeness (QED) is 0.869. The number of ether oxygens (including phenoxy) is 1. The van der Waals surface area contributed by atoms with E-state index in [1.165, 1.54) is 0 Å². The Hall–Kier alpha value is -1.69. The molecule has 0 spiro atoms. The minimum Gasteiger partial charge on any atom is -0.464 e. The highest BCUT2D eigenvalue weighted by atomic mass is 32.1. The van der Waals surface area contributed by atoms with Crippen molar-refractivity contribution in [3.8, 4) is 16.7 Å². The standard InChI is InChI=1S/C12H16N4OS/c1-3-7-13-11-14-10(9-6-5-8-18-9)15-12(16-11)17-4-2/h5-6,8H,3-4,7H2,1-2H3,(H,13,14,15,16). The van der Waals surface area contributed by atoms with Gasteiger partial charge in [0.05, 0.1) is 11.5 Å². The minimum atomic E-state index is 0.370. The molecule has 0 aliphatic carbocycles. The van der Waals surface area contributed by atoms with E-state index < -0.39 is 0 Å². The fraction of sp³-hybridized carbons (Fsp3) is 0.417. The third-order valence-electron chi connectivity index (χ3n) is 2.16. The molecule has 2 aromatic rings. The lowest BCUT2D eigenvalue weighted by Crippen LogP contribution is -2.08. The molecule has 0 radical (unpaired) electrons. The molecule has 0 unspecified atom stereocenters. The van der Waals surface area contributed by atoms with Crippen molar-refractivity contribution in [1.82, 2.24) is 15.0 Å². The topological polar surface area (TPSA) is 59.9 Å². The molecule has 0 saturated heterocycles. The van der Waals surface area contributed by atoms with Gasteiger partial charge in [0.1, 0.15) is 0 Å². The van der Waals surface area contributed by atoms with E-state index >= 15 is 0 Å². The first-order valence-electron chi connectivity index (χ1n) is 6.00. The Kier molecular flexibility index (Phi) is 4.46. The third-order valence-corrected chi connectivity index (χ3v) is 3.03. The van der Waals surface area contributed by atoms with Crippen LogP contribution in [0.1, 0.15) is 20.3 Å². The maximum atomic E-state index is 5.37. The van der Waals surface area contributed by atoms with Gasteiger partial charge in [0.2, 0.25) is 5.95 Å². The Morgan fingerprint density at radius 1 is 1.28 bits per heavy atom. The first-order chi connectivity index (χ1) is 8.83. The predicted octanol–water partition coefficient (Wildman–Crippen LogP) is 2.82. The second-order valence-electron chi connectivity index (χ2n) is 3.60. The van der Waals surface area contributed by atoms with Gasteiger partial charge in [-0.1, -0.05) is 13.0 Å². The lowest BCUT2D eigenvalue weighted by molar-refractivity contribution is 0.312. The minimum absolute atomic E-state index is 0.370. The molecule has 18 heavy (non-hydrogen) atoms. The molecule has 1 N–H and O–H groups in total. The van der Waals surface area contributed by atoms with E-state index in [-0.39, 0.29) is 0 Å². The van der Waals surface area contributed by atoms with Gasteiger partial charge in [0, 0.05) is 6.54 Å². The monoisotopic (exact) mass is 264 g/mol. The summed E-state index contributed by atoms with van der Waals surface area (Å²) in [5, 5.41) is 5.16. The number of nitrogens with one attached hydrogen (secondary N) is 1. The number of anilines is 1. The van der Waals surface area contributed by atoms with Gasteiger partial charge in [-0.05, 0) is 24.8 Å². The number of aromatic nitrogens is 3.